The quantitative estimate of drug-likeness (QED) is 0.803. The number of thiazole rings is 1. The molecule has 5 heteroatoms. The minimum Gasteiger partial charge on any atom is -0.323 e. The fourth-order valence-electron chi connectivity index (χ4n) is 0.802. The van der Waals surface area contributed by atoms with Gasteiger partial charge in [0.05, 0.1) is 5.69 Å². The molecular weight excluding hydrogens is 198 g/mol. The van der Waals surface area contributed by atoms with Gasteiger partial charge in [-0.2, -0.15) is 0 Å². The molecule has 78 valence electrons. The Morgan fingerprint density at radius 2 is 2.21 bits per heavy atom. The molecule has 0 spiro atoms. The Balaban J connectivity index is 2.64. The molecule has 1 aromatic heterocycles. The minimum absolute atomic E-state index is 0.0180. The van der Waals surface area contributed by atoms with Crippen LogP contribution in [-0.4, -0.2) is 10.9 Å². The molecule has 0 aliphatic rings. The Bertz CT molecular complexity index is 320. The van der Waals surface area contributed by atoms with Gasteiger partial charge in [-0.3, -0.25) is 4.79 Å². The lowest BCUT2D eigenvalue weighted by molar-refractivity contribution is -0.118. The average Bonchev–Trinajstić information content (AvgIpc) is 2.52. The van der Waals surface area contributed by atoms with Gasteiger partial charge in [-0.25, -0.2) is 4.98 Å². The first kappa shape index (κ1) is 11.1. The lowest BCUT2D eigenvalue weighted by Crippen LogP contribution is -2.17. The van der Waals surface area contributed by atoms with Gasteiger partial charge in [0.25, 0.3) is 0 Å². The highest BCUT2D eigenvalue weighted by Crippen LogP contribution is 2.19. The van der Waals surface area contributed by atoms with E-state index in [1.54, 1.807) is 0 Å². The zero-order valence-electron chi connectivity index (χ0n) is 8.57. The third-order valence-electron chi connectivity index (χ3n) is 1.74. The molecule has 0 aromatic carbocycles. The van der Waals surface area contributed by atoms with Crippen LogP contribution in [0.1, 0.15) is 32.5 Å². The van der Waals surface area contributed by atoms with E-state index in [1.807, 2.05) is 26.2 Å². The van der Waals surface area contributed by atoms with Crippen molar-refractivity contribution in [1.29, 1.82) is 0 Å². The number of nitrogens with zero attached hydrogens (tertiary/aromatic N) is 1. The molecule has 1 amide bonds. The van der Waals surface area contributed by atoms with Gasteiger partial charge in [0.2, 0.25) is 5.91 Å². The van der Waals surface area contributed by atoms with Crippen molar-refractivity contribution >= 4 is 22.4 Å². The van der Waals surface area contributed by atoms with Crippen LogP contribution in [-0.2, 0) is 4.79 Å². The number of nitrogens with two attached hydrogens (primary N) is 1. The summed E-state index contributed by atoms with van der Waals surface area (Å²) in [5, 5.41) is 5.21. The van der Waals surface area contributed by atoms with E-state index >= 15 is 0 Å². The fourth-order valence-corrected chi connectivity index (χ4v) is 1.62. The molecule has 1 atom stereocenters. The van der Waals surface area contributed by atoms with Crippen LogP contribution in [0.15, 0.2) is 5.38 Å². The predicted octanol–water partition coefficient (Wildman–Crippen LogP) is 1.76. The summed E-state index contributed by atoms with van der Waals surface area (Å²) in [6.45, 7) is 5.55. The van der Waals surface area contributed by atoms with E-state index in [0.29, 0.717) is 5.13 Å². The van der Waals surface area contributed by atoms with Gasteiger partial charge in [-0.15, -0.1) is 11.3 Å². The molecule has 1 unspecified atom stereocenters. The first-order valence-electron chi connectivity index (χ1n) is 4.52. The molecule has 0 radical (unpaired) electrons. The van der Waals surface area contributed by atoms with Crippen LogP contribution in [0.3, 0.4) is 0 Å². The summed E-state index contributed by atoms with van der Waals surface area (Å²) in [5.41, 5.74) is 6.46. The summed E-state index contributed by atoms with van der Waals surface area (Å²) in [6.07, 6.45) is 0. The zero-order valence-corrected chi connectivity index (χ0v) is 9.39. The van der Waals surface area contributed by atoms with Crippen molar-refractivity contribution in [3.63, 3.8) is 0 Å². The highest BCUT2D eigenvalue weighted by atomic mass is 32.1. The number of carbonyl (C=O) groups excluding carboxylic acids is 1. The summed E-state index contributed by atoms with van der Waals surface area (Å²) in [7, 11) is 0. The van der Waals surface area contributed by atoms with Gasteiger partial charge in [-0.1, -0.05) is 13.8 Å². The van der Waals surface area contributed by atoms with Crippen LogP contribution in [0.4, 0.5) is 5.13 Å². The van der Waals surface area contributed by atoms with Gasteiger partial charge in [0.15, 0.2) is 5.13 Å². The molecule has 0 saturated heterocycles. The Hall–Kier alpha value is -0.940. The van der Waals surface area contributed by atoms with E-state index in [1.165, 1.54) is 11.3 Å². The van der Waals surface area contributed by atoms with Crippen molar-refractivity contribution in [2.75, 3.05) is 5.32 Å². The zero-order chi connectivity index (χ0) is 10.7. The maximum atomic E-state index is 11.3. The minimum atomic E-state index is -0.0871. The van der Waals surface area contributed by atoms with Crippen molar-refractivity contribution in [3.8, 4) is 0 Å². The lowest BCUT2D eigenvalue weighted by atomic mass is 10.2. The lowest BCUT2D eigenvalue weighted by Gasteiger charge is -2.03. The first-order valence-corrected chi connectivity index (χ1v) is 5.40. The van der Waals surface area contributed by atoms with Crippen LogP contribution >= 0.6 is 11.3 Å². The third kappa shape index (κ3) is 2.78. The van der Waals surface area contributed by atoms with Crippen molar-refractivity contribution in [2.24, 2.45) is 11.7 Å². The number of rotatable bonds is 3. The Morgan fingerprint density at radius 3 is 2.64 bits per heavy atom. The average molecular weight is 213 g/mol. The van der Waals surface area contributed by atoms with Crippen molar-refractivity contribution < 1.29 is 4.79 Å². The second kappa shape index (κ2) is 4.52. The van der Waals surface area contributed by atoms with Crippen molar-refractivity contribution in [1.82, 2.24) is 4.98 Å². The summed E-state index contributed by atoms with van der Waals surface area (Å²) in [4.78, 5) is 15.5. The van der Waals surface area contributed by atoms with Crippen molar-refractivity contribution in [2.45, 2.75) is 26.8 Å². The number of amides is 1. The highest BCUT2D eigenvalue weighted by Gasteiger charge is 2.10. The Morgan fingerprint density at radius 1 is 1.57 bits per heavy atom. The van der Waals surface area contributed by atoms with Gasteiger partial charge >= 0.3 is 0 Å². The molecule has 0 aliphatic carbocycles. The Labute approximate surface area is 87.5 Å². The number of aromatic nitrogens is 1. The van der Waals surface area contributed by atoms with Crippen LogP contribution in [0.25, 0.3) is 0 Å². The van der Waals surface area contributed by atoms with Gasteiger partial charge in [0, 0.05) is 17.3 Å². The summed E-state index contributed by atoms with van der Waals surface area (Å²) in [5.74, 6) is -0.0479. The van der Waals surface area contributed by atoms with E-state index in [2.05, 4.69) is 10.3 Å². The second-order valence-corrected chi connectivity index (χ2v) is 4.37. The maximum Gasteiger partial charge on any atom is 0.228 e. The number of hydrogen-bond donors (Lipinski definition) is 2. The van der Waals surface area contributed by atoms with Gasteiger partial charge in [-0.05, 0) is 6.92 Å². The van der Waals surface area contributed by atoms with E-state index in [0.717, 1.165) is 5.69 Å². The fraction of sp³-hybridized carbons (Fsp3) is 0.556. The molecule has 1 heterocycles. The number of nitrogens with one attached hydrogen (secondary N) is 1. The Kier molecular flexibility index (Phi) is 3.60. The van der Waals surface area contributed by atoms with Crippen LogP contribution in [0.2, 0.25) is 0 Å². The van der Waals surface area contributed by atoms with Crippen LogP contribution < -0.4 is 11.1 Å². The summed E-state index contributed by atoms with van der Waals surface area (Å²) in [6, 6.07) is -0.0871. The molecule has 1 aromatic rings. The molecule has 14 heavy (non-hydrogen) atoms. The largest absolute Gasteiger partial charge is 0.323 e. The number of hydrogen-bond acceptors (Lipinski definition) is 4. The molecular formula is C9H15N3OS. The molecule has 0 aliphatic heterocycles. The van der Waals surface area contributed by atoms with E-state index in [4.69, 9.17) is 5.73 Å². The van der Waals surface area contributed by atoms with E-state index < -0.39 is 0 Å². The predicted molar refractivity (Wildman–Crippen MR) is 58.2 cm³/mol. The second-order valence-electron chi connectivity index (χ2n) is 3.51. The smallest absolute Gasteiger partial charge is 0.228 e. The van der Waals surface area contributed by atoms with E-state index in [9.17, 15) is 4.79 Å². The topological polar surface area (TPSA) is 68.0 Å². The van der Waals surface area contributed by atoms with Gasteiger partial charge < -0.3 is 11.1 Å². The first-order chi connectivity index (χ1) is 6.50. The molecule has 0 bridgehead atoms. The highest BCUT2D eigenvalue weighted by molar-refractivity contribution is 7.13. The van der Waals surface area contributed by atoms with E-state index in [-0.39, 0.29) is 17.9 Å². The standard InChI is InChI=1S/C9H15N3OS/c1-5(2)8(13)12-9-11-7(4-14-9)6(3)10/h4-6H,10H2,1-3H3,(H,11,12,13). The molecule has 0 saturated carbocycles. The van der Waals surface area contributed by atoms with Crippen LogP contribution in [0, 0.1) is 5.92 Å². The van der Waals surface area contributed by atoms with Gasteiger partial charge in [0.1, 0.15) is 0 Å². The normalized spacial score (nSPS) is 12.9. The number of carbonyl (C=O) groups is 1. The monoisotopic (exact) mass is 213 g/mol. The molecule has 3 N–H and O–H groups in total. The van der Waals surface area contributed by atoms with Crippen LogP contribution in [0.5, 0.6) is 0 Å². The van der Waals surface area contributed by atoms with Crippen molar-refractivity contribution in [3.05, 3.63) is 11.1 Å². The maximum absolute atomic E-state index is 11.3. The number of anilines is 1. The molecule has 0 fully saturated rings. The molecule has 1 rings (SSSR count). The third-order valence-corrected chi connectivity index (χ3v) is 2.52. The summed E-state index contributed by atoms with van der Waals surface area (Å²) < 4.78 is 0. The molecule has 4 nitrogen and oxygen atoms in total. The SMILES string of the molecule is CC(C)C(=O)Nc1nc(C(C)N)cs1. The summed E-state index contributed by atoms with van der Waals surface area (Å²) >= 11 is 1.40.